The van der Waals surface area contributed by atoms with Gasteiger partial charge in [0, 0.05) is 6.42 Å². The summed E-state index contributed by atoms with van der Waals surface area (Å²) in [6.45, 7) is 0.698. The van der Waals surface area contributed by atoms with Gasteiger partial charge in [-0.2, -0.15) is 0 Å². The molecule has 5 nitrogen and oxygen atoms in total. The highest BCUT2D eigenvalue weighted by Gasteiger charge is 2.31. The van der Waals surface area contributed by atoms with E-state index in [9.17, 15) is 13.6 Å². The lowest BCUT2D eigenvalue weighted by Gasteiger charge is -2.32. The van der Waals surface area contributed by atoms with E-state index in [0.717, 1.165) is 6.07 Å². The van der Waals surface area contributed by atoms with E-state index in [0.29, 0.717) is 18.8 Å². The number of methoxy groups -OCH3 is 1. The number of hydrogen-bond donors (Lipinski definition) is 1. The van der Waals surface area contributed by atoms with Gasteiger partial charge in [-0.25, -0.2) is 8.78 Å². The molecule has 0 unspecified atom stereocenters. The number of amides is 1. The van der Waals surface area contributed by atoms with Gasteiger partial charge >= 0.3 is 0 Å². The minimum atomic E-state index is -1.25. The third-order valence-corrected chi connectivity index (χ3v) is 4.14. The van der Waals surface area contributed by atoms with Gasteiger partial charge in [-0.1, -0.05) is 18.2 Å². The molecule has 0 aromatic heterocycles. The van der Waals surface area contributed by atoms with E-state index in [-0.39, 0.29) is 18.5 Å². The normalized spacial score (nSPS) is 19.7. The van der Waals surface area contributed by atoms with Crippen molar-refractivity contribution in [3.8, 4) is 11.5 Å². The van der Waals surface area contributed by atoms with Crippen molar-refractivity contribution in [2.45, 2.75) is 18.6 Å². The van der Waals surface area contributed by atoms with Crippen LogP contribution in [0.2, 0.25) is 0 Å². The van der Waals surface area contributed by atoms with E-state index < -0.39 is 29.1 Å². The van der Waals surface area contributed by atoms with E-state index in [1.54, 1.807) is 0 Å². The Kier molecular flexibility index (Phi) is 5.68. The van der Waals surface area contributed by atoms with E-state index >= 15 is 0 Å². The molecule has 7 heteroatoms. The van der Waals surface area contributed by atoms with Crippen molar-refractivity contribution < 1.29 is 27.8 Å². The Balaban J connectivity index is 1.78. The van der Waals surface area contributed by atoms with Crippen LogP contribution < -0.4 is 14.8 Å². The summed E-state index contributed by atoms with van der Waals surface area (Å²) in [5.74, 6) is -2.53. The van der Waals surface area contributed by atoms with Gasteiger partial charge < -0.3 is 19.5 Å². The van der Waals surface area contributed by atoms with Crippen LogP contribution in [-0.2, 0) is 4.74 Å². The van der Waals surface area contributed by atoms with Crippen LogP contribution in [0, 0.1) is 11.6 Å². The monoisotopic (exact) mass is 363 g/mol. The third-order valence-electron chi connectivity index (χ3n) is 4.14. The first-order chi connectivity index (χ1) is 12.6. The molecule has 26 heavy (non-hydrogen) atoms. The van der Waals surface area contributed by atoms with Crippen LogP contribution >= 0.6 is 0 Å². The Morgan fingerprint density at radius 3 is 2.69 bits per heavy atom. The number of rotatable bonds is 5. The Labute approximate surface area is 149 Å². The third kappa shape index (κ3) is 3.94. The maximum Gasteiger partial charge on any atom is 0.258 e. The van der Waals surface area contributed by atoms with Crippen LogP contribution in [0.25, 0.3) is 0 Å². The highest BCUT2D eigenvalue weighted by Crippen LogP contribution is 2.24. The van der Waals surface area contributed by atoms with Crippen LogP contribution in [0.3, 0.4) is 0 Å². The molecule has 1 aliphatic rings. The molecule has 1 aliphatic heterocycles. The number of halogens is 2. The first-order valence-electron chi connectivity index (χ1n) is 8.22. The van der Waals surface area contributed by atoms with Gasteiger partial charge in [0.25, 0.3) is 5.91 Å². The maximum absolute atomic E-state index is 14.1. The van der Waals surface area contributed by atoms with Crippen LogP contribution in [0.15, 0.2) is 42.5 Å². The lowest BCUT2D eigenvalue weighted by Crippen LogP contribution is -2.52. The first kappa shape index (κ1) is 18.1. The molecule has 3 rings (SSSR count). The van der Waals surface area contributed by atoms with Crippen molar-refractivity contribution in [3.63, 3.8) is 0 Å². The second kappa shape index (κ2) is 8.14. The average molecular weight is 363 g/mol. The van der Waals surface area contributed by atoms with Crippen molar-refractivity contribution in [1.29, 1.82) is 0 Å². The van der Waals surface area contributed by atoms with E-state index in [4.69, 9.17) is 14.2 Å². The van der Waals surface area contributed by atoms with Gasteiger partial charge in [0.1, 0.15) is 23.2 Å². The van der Waals surface area contributed by atoms with Gasteiger partial charge in [0.15, 0.2) is 11.6 Å². The summed E-state index contributed by atoms with van der Waals surface area (Å²) in [6.07, 6.45) is 0.209. The van der Waals surface area contributed by atoms with E-state index in [2.05, 4.69) is 5.32 Å². The van der Waals surface area contributed by atoms with Gasteiger partial charge in [-0.15, -0.1) is 0 Å². The summed E-state index contributed by atoms with van der Waals surface area (Å²) in [5.41, 5.74) is -0.475. The molecule has 1 heterocycles. The van der Waals surface area contributed by atoms with Crippen LogP contribution in [0.1, 0.15) is 16.8 Å². The number of carbonyl (C=O) groups is 1. The van der Waals surface area contributed by atoms with Crippen molar-refractivity contribution in [1.82, 2.24) is 5.32 Å². The van der Waals surface area contributed by atoms with Gasteiger partial charge in [0.2, 0.25) is 0 Å². The van der Waals surface area contributed by atoms with E-state index in [1.807, 2.05) is 30.3 Å². The topological polar surface area (TPSA) is 56.8 Å². The summed E-state index contributed by atoms with van der Waals surface area (Å²) in [7, 11) is 1.29. The Hall–Kier alpha value is -2.67. The molecule has 0 radical (unpaired) electrons. The molecule has 2 atom stereocenters. The molecular weight excluding hydrogens is 344 g/mol. The smallest absolute Gasteiger partial charge is 0.258 e. The molecule has 1 saturated heterocycles. The Morgan fingerprint density at radius 1 is 1.19 bits per heavy atom. The fourth-order valence-electron chi connectivity index (χ4n) is 2.82. The number of nitrogens with one attached hydrogen (secondary N) is 1. The van der Waals surface area contributed by atoms with Gasteiger partial charge in [-0.05, 0) is 24.3 Å². The van der Waals surface area contributed by atoms with Crippen LogP contribution in [-0.4, -0.2) is 38.4 Å². The zero-order chi connectivity index (χ0) is 18.5. The van der Waals surface area contributed by atoms with E-state index in [1.165, 1.54) is 13.2 Å². The van der Waals surface area contributed by atoms with Gasteiger partial charge in [-0.3, -0.25) is 4.79 Å². The minimum Gasteiger partial charge on any atom is -0.496 e. The fourth-order valence-corrected chi connectivity index (χ4v) is 2.82. The maximum atomic E-state index is 14.1. The largest absolute Gasteiger partial charge is 0.496 e. The highest BCUT2D eigenvalue weighted by atomic mass is 19.2. The molecule has 0 saturated carbocycles. The zero-order valence-electron chi connectivity index (χ0n) is 14.2. The van der Waals surface area contributed by atoms with Crippen LogP contribution in [0.4, 0.5) is 8.78 Å². The predicted octanol–water partition coefficient (Wildman–Crippen LogP) is 2.94. The molecule has 0 spiro atoms. The molecule has 1 fully saturated rings. The molecule has 1 amide bonds. The molecule has 138 valence electrons. The molecule has 0 aliphatic carbocycles. The standard InChI is InChI=1S/C19H19F2NO4/c1-24-16-8-7-13(20)18(21)17(16)19(23)22-14-11-25-10-9-15(14)26-12-5-3-2-4-6-12/h2-8,14-15H,9-11H2,1H3,(H,22,23)/t14-,15+/m1/s1. The summed E-state index contributed by atoms with van der Waals surface area (Å²) < 4.78 is 44.0. The number of hydrogen-bond acceptors (Lipinski definition) is 4. The van der Waals surface area contributed by atoms with Crippen molar-refractivity contribution in [2.24, 2.45) is 0 Å². The lowest BCUT2D eigenvalue weighted by molar-refractivity contribution is -0.00298. The summed E-state index contributed by atoms with van der Waals surface area (Å²) in [5, 5.41) is 2.67. The summed E-state index contributed by atoms with van der Waals surface area (Å²) in [6, 6.07) is 10.8. The molecular formula is C19H19F2NO4. The molecule has 2 aromatic carbocycles. The van der Waals surface area contributed by atoms with Crippen molar-refractivity contribution in [3.05, 3.63) is 59.7 Å². The van der Waals surface area contributed by atoms with Crippen molar-refractivity contribution >= 4 is 5.91 Å². The number of ether oxygens (including phenoxy) is 3. The summed E-state index contributed by atoms with van der Waals surface area (Å²) >= 11 is 0. The number of para-hydroxylation sites is 1. The number of benzene rings is 2. The minimum absolute atomic E-state index is 0.0429. The second-order valence-electron chi connectivity index (χ2n) is 5.85. The van der Waals surface area contributed by atoms with Gasteiger partial charge in [0.05, 0.1) is 26.4 Å². The number of carbonyl (C=O) groups excluding carboxylic acids is 1. The first-order valence-corrected chi connectivity index (χ1v) is 8.22. The molecule has 2 aromatic rings. The van der Waals surface area contributed by atoms with Crippen molar-refractivity contribution in [2.75, 3.05) is 20.3 Å². The fraction of sp³-hybridized carbons (Fsp3) is 0.316. The average Bonchev–Trinajstić information content (AvgIpc) is 2.66. The highest BCUT2D eigenvalue weighted by molar-refractivity contribution is 5.97. The Bertz CT molecular complexity index is 770. The molecule has 1 N–H and O–H groups in total. The molecule has 0 bridgehead atoms. The van der Waals surface area contributed by atoms with Crippen LogP contribution in [0.5, 0.6) is 11.5 Å². The SMILES string of the molecule is COc1ccc(F)c(F)c1C(=O)N[C@@H]1COCC[C@@H]1Oc1ccccc1. The zero-order valence-corrected chi connectivity index (χ0v) is 14.2. The second-order valence-corrected chi connectivity index (χ2v) is 5.85. The Morgan fingerprint density at radius 2 is 1.96 bits per heavy atom. The lowest BCUT2D eigenvalue weighted by atomic mass is 10.0. The predicted molar refractivity (Wildman–Crippen MR) is 90.5 cm³/mol. The quantitative estimate of drug-likeness (QED) is 0.888. The summed E-state index contributed by atoms with van der Waals surface area (Å²) in [4.78, 5) is 12.6.